The highest BCUT2D eigenvalue weighted by molar-refractivity contribution is 5.37. The van der Waals surface area contributed by atoms with E-state index in [-0.39, 0.29) is 6.61 Å². The van der Waals surface area contributed by atoms with Crippen molar-refractivity contribution in [3.05, 3.63) is 29.3 Å². The van der Waals surface area contributed by atoms with E-state index in [1.165, 1.54) is 31.5 Å². The molecule has 1 atom stereocenters. The summed E-state index contributed by atoms with van der Waals surface area (Å²) in [6.45, 7) is 14.7. The standard InChI is InChI=1S/C25H43N3O3/c1-5-31-19-22-16-21(6-7-25(22)30-4)17-26-13-14-28(24(18-26)10-15-29)23-8-11-27(12-9-23)20(2)3/h6-7,16,20,23-24,29H,5,8-15,17-19H2,1-4H3. The van der Waals surface area contributed by atoms with Gasteiger partial charge in [0, 0.05) is 63.1 Å². The molecule has 2 aliphatic rings. The van der Waals surface area contributed by atoms with Crippen molar-refractivity contribution in [2.75, 3.05) is 53.0 Å². The molecule has 3 rings (SSSR count). The predicted molar refractivity (Wildman–Crippen MR) is 126 cm³/mol. The number of piperidine rings is 1. The first kappa shape index (κ1) is 24.5. The van der Waals surface area contributed by atoms with E-state index in [2.05, 4.69) is 46.7 Å². The first-order valence-electron chi connectivity index (χ1n) is 12.1. The quantitative estimate of drug-likeness (QED) is 0.612. The summed E-state index contributed by atoms with van der Waals surface area (Å²) < 4.78 is 11.1. The molecule has 31 heavy (non-hydrogen) atoms. The number of likely N-dealkylation sites (tertiary alicyclic amines) is 1. The van der Waals surface area contributed by atoms with E-state index in [4.69, 9.17) is 9.47 Å². The van der Waals surface area contributed by atoms with Gasteiger partial charge in [-0.05, 0) is 70.8 Å². The molecule has 2 saturated heterocycles. The number of ether oxygens (including phenoxy) is 2. The summed E-state index contributed by atoms with van der Waals surface area (Å²) in [5.41, 5.74) is 2.42. The third kappa shape index (κ3) is 6.65. The van der Waals surface area contributed by atoms with Gasteiger partial charge in [-0.3, -0.25) is 9.80 Å². The average Bonchev–Trinajstić information content (AvgIpc) is 2.78. The maximum absolute atomic E-state index is 9.72. The van der Waals surface area contributed by atoms with E-state index < -0.39 is 0 Å². The van der Waals surface area contributed by atoms with Crippen LogP contribution >= 0.6 is 0 Å². The van der Waals surface area contributed by atoms with Crippen molar-refractivity contribution in [2.24, 2.45) is 0 Å². The highest BCUT2D eigenvalue weighted by Gasteiger charge is 2.33. The molecule has 0 aromatic heterocycles. The third-order valence-electron chi connectivity index (χ3n) is 6.99. The Hall–Kier alpha value is -1.18. The molecule has 0 amide bonds. The molecule has 1 aromatic carbocycles. The molecule has 0 radical (unpaired) electrons. The second kappa shape index (κ2) is 12.2. The van der Waals surface area contributed by atoms with E-state index in [0.717, 1.165) is 43.9 Å². The Morgan fingerprint density at radius 1 is 1.13 bits per heavy atom. The van der Waals surface area contributed by atoms with Gasteiger partial charge in [0.2, 0.25) is 0 Å². The number of aliphatic hydroxyl groups excluding tert-OH is 1. The van der Waals surface area contributed by atoms with Crippen LogP contribution in [-0.2, 0) is 17.9 Å². The van der Waals surface area contributed by atoms with Crippen LogP contribution in [0.15, 0.2) is 18.2 Å². The summed E-state index contributed by atoms with van der Waals surface area (Å²) in [6.07, 6.45) is 3.36. The molecule has 6 heteroatoms. The molecule has 0 aliphatic carbocycles. The molecule has 6 nitrogen and oxygen atoms in total. The van der Waals surface area contributed by atoms with E-state index in [1.807, 2.05) is 6.92 Å². The molecule has 1 aromatic rings. The minimum absolute atomic E-state index is 0.265. The van der Waals surface area contributed by atoms with Gasteiger partial charge >= 0.3 is 0 Å². The second-order valence-corrected chi connectivity index (χ2v) is 9.28. The largest absolute Gasteiger partial charge is 0.496 e. The highest BCUT2D eigenvalue weighted by Crippen LogP contribution is 2.26. The summed E-state index contributed by atoms with van der Waals surface area (Å²) in [5.74, 6) is 0.896. The van der Waals surface area contributed by atoms with Crippen molar-refractivity contribution in [3.8, 4) is 5.75 Å². The maximum Gasteiger partial charge on any atom is 0.124 e. The van der Waals surface area contributed by atoms with E-state index in [0.29, 0.717) is 31.3 Å². The van der Waals surface area contributed by atoms with Crippen LogP contribution in [0.2, 0.25) is 0 Å². The van der Waals surface area contributed by atoms with Gasteiger partial charge < -0.3 is 19.5 Å². The number of benzene rings is 1. The molecule has 0 saturated carbocycles. The Morgan fingerprint density at radius 2 is 1.90 bits per heavy atom. The number of methoxy groups -OCH3 is 1. The number of rotatable bonds is 10. The van der Waals surface area contributed by atoms with Gasteiger partial charge in [-0.25, -0.2) is 0 Å². The molecule has 1 N–H and O–H groups in total. The summed E-state index contributed by atoms with van der Waals surface area (Å²) in [6, 6.07) is 8.20. The maximum atomic E-state index is 9.72. The van der Waals surface area contributed by atoms with E-state index >= 15 is 0 Å². The Morgan fingerprint density at radius 3 is 2.55 bits per heavy atom. The lowest BCUT2D eigenvalue weighted by molar-refractivity contribution is -0.0000507. The molecule has 0 bridgehead atoms. The predicted octanol–water partition coefficient (Wildman–Crippen LogP) is 2.97. The number of aliphatic hydroxyl groups is 1. The molecule has 2 fully saturated rings. The molecule has 0 spiro atoms. The van der Waals surface area contributed by atoms with Crippen molar-refractivity contribution >= 4 is 0 Å². The summed E-state index contributed by atoms with van der Waals surface area (Å²) in [4.78, 5) is 7.85. The Bertz CT molecular complexity index is 661. The first-order valence-corrected chi connectivity index (χ1v) is 12.1. The van der Waals surface area contributed by atoms with Crippen molar-refractivity contribution in [1.82, 2.24) is 14.7 Å². The fourth-order valence-corrected chi connectivity index (χ4v) is 5.21. The molecular formula is C25H43N3O3. The van der Waals surface area contributed by atoms with Crippen molar-refractivity contribution in [1.29, 1.82) is 0 Å². The van der Waals surface area contributed by atoms with Crippen LogP contribution in [0.3, 0.4) is 0 Å². The average molecular weight is 434 g/mol. The zero-order valence-corrected chi connectivity index (χ0v) is 20.1. The lowest BCUT2D eigenvalue weighted by Gasteiger charge is -2.48. The molecular weight excluding hydrogens is 390 g/mol. The van der Waals surface area contributed by atoms with Crippen molar-refractivity contribution in [2.45, 2.75) is 71.3 Å². The van der Waals surface area contributed by atoms with Crippen LogP contribution in [0.25, 0.3) is 0 Å². The van der Waals surface area contributed by atoms with Crippen LogP contribution in [0.1, 0.15) is 51.2 Å². The summed E-state index contributed by atoms with van der Waals surface area (Å²) >= 11 is 0. The highest BCUT2D eigenvalue weighted by atomic mass is 16.5. The normalized spacial score (nSPS) is 22.3. The molecule has 176 valence electrons. The minimum atomic E-state index is 0.265. The van der Waals surface area contributed by atoms with Crippen LogP contribution in [0.5, 0.6) is 5.75 Å². The second-order valence-electron chi connectivity index (χ2n) is 9.28. The molecule has 2 heterocycles. The molecule has 1 unspecified atom stereocenters. The van der Waals surface area contributed by atoms with Crippen LogP contribution in [-0.4, -0.2) is 91.0 Å². The number of piperazine rings is 1. The smallest absolute Gasteiger partial charge is 0.124 e. The molecule has 2 aliphatic heterocycles. The van der Waals surface area contributed by atoms with Gasteiger partial charge in [-0.15, -0.1) is 0 Å². The van der Waals surface area contributed by atoms with Gasteiger partial charge in [-0.1, -0.05) is 6.07 Å². The summed E-state index contributed by atoms with van der Waals surface area (Å²) in [5, 5.41) is 9.72. The minimum Gasteiger partial charge on any atom is -0.496 e. The summed E-state index contributed by atoms with van der Waals surface area (Å²) in [7, 11) is 1.72. The fourth-order valence-electron chi connectivity index (χ4n) is 5.21. The topological polar surface area (TPSA) is 48.4 Å². The third-order valence-corrected chi connectivity index (χ3v) is 6.99. The Balaban J connectivity index is 1.60. The van der Waals surface area contributed by atoms with Gasteiger partial charge in [0.15, 0.2) is 0 Å². The van der Waals surface area contributed by atoms with Gasteiger partial charge in [0.25, 0.3) is 0 Å². The van der Waals surface area contributed by atoms with Crippen molar-refractivity contribution < 1.29 is 14.6 Å². The zero-order valence-electron chi connectivity index (χ0n) is 20.1. The van der Waals surface area contributed by atoms with Crippen LogP contribution in [0.4, 0.5) is 0 Å². The lowest BCUT2D eigenvalue weighted by atomic mass is 9.97. The Kier molecular flexibility index (Phi) is 9.60. The number of nitrogens with zero attached hydrogens (tertiary/aromatic N) is 3. The van der Waals surface area contributed by atoms with E-state index in [9.17, 15) is 5.11 Å². The van der Waals surface area contributed by atoms with Crippen LogP contribution in [0, 0.1) is 0 Å². The lowest BCUT2D eigenvalue weighted by Crippen LogP contribution is -2.58. The first-order chi connectivity index (χ1) is 15.0. The van der Waals surface area contributed by atoms with Gasteiger partial charge in [0.1, 0.15) is 5.75 Å². The SMILES string of the molecule is CCOCc1cc(CN2CCN(C3CCN(C(C)C)CC3)C(CCO)C2)ccc1OC. The fraction of sp³-hybridized carbons (Fsp3) is 0.760. The van der Waals surface area contributed by atoms with Gasteiger partial charge in [0.05, 0.1) is 13.7 Å². The van der Waals surface area contributed by atoms with Gasteiger partial charge in [-0.2, -0.15) is 0 Å². The zero-order chi connectivity index (χ0) is 22.2. The van der Waals surface area contributed by atoms with E-state index in [1.54, 1.807) is 7.11 Å². The van der Waals surface area contributed by atoms with Crippen molar-refractivity contribution in [3.63, 3.8) is 0 Å². The monoisotopic (exact) mass is 433 g/mol. The van der Waals surface area contributed by atoms with Crippen LogP contribution < -0.4 is 4.74 Å². The number of hydrogen-bond acceptors (Lipinski definition) is 6. The number of hydrogen-bond donors (Lipinski definition) is 1. The Labute approximate surface area is 189 Å².